The fraction of sp³-hybridized carbons (Fsp3) is 1.00. The molecule has 0 unspecified atom stereocenters. The molecule has 1 rings (SSSR count). The van der Waals surface area contributed by atoms with Crippen molar-refractivity contribution in [1.82, 2.24) is 0 Å². The van der Waals surface area contributed by atoms with Gasteiger partial charge in [0, 0.05) is 0 Å². The average molecular weight is 162 g/mol. The lowest BCUT2D eigenvalue weighted by molar-refractivity contribution is -0.404. The largest absolute Gasteiger partial charge is 0.355 e. The zero-order valence-electron chi connectivity index (χ0n) is 7.30. The van der Waals surface area contributed by atoms with Crippen LogP contribution in [0.4, 0.5) is 0 Å². The van der Waals surface area contributed by atoms with Crippen LogP contribution in [0.15, 0.2) is 0 Å². The molecule has 1 heterocycles. The van der Waals surface area contributed by atoms with Crippen molar-refractivity contribution in [3.05, 3.63) is 0 Å². The van der Waals surface area contributed by atoms with Gasteiger partial charge < -0.3 is 20.9 Å². The first kappa shape index (κ1) is 8.93. The first-order chi connectivity index (χ1) is 5.09. The summed E-state index contributed by atoms with van der Waals surface area (Å²) in [6.45, 7) is 5.35. The van der Waals surface area contributed by atoms with Gasteiger partial charge in [-0.15, -0.1) is 0 Å². The molecule has 0 spiro atoms. The van der Waals surface area contributed by atoms with E-state index in [0.29, 0.717) is 0 Å². The van der Waals surface area contributed by atoms with Gasteiger partial charge in [-0.05, 0) is 13.8 Å². The van der Waals surface area contributed by atoms with E-state index in [9.17, 15) is 0 Å². The van der Waals surface area contributed by atoms with E-state index in [1.165, 1.54) is 0 Å². The van der Waals surface area contributed by atoms with Gasteiger partial charge in [-0.3, -0.25) is 0 Å². The van der Waals surface area contributed by atoms with Crippen LogP contribution in [0.3, 0.4) is 0 Å². The van der Waals surface area contributed by atoms with Crippen molar-refractivity contribution < 1.29 is 20.9 Å². The minimum absolute atomic E-state index is 0.127. The second-order valence-electron chi connectivity index (χ2n) is 3.29. The van der Waals surface area contributed by atoms with Gasteiger partial charge in [0.2, 0.25) is 0 Å². The molecule has 1 aliphatic heterocycles. The van der Waals surface area contributed by atoms with Crippen molar-refractivity contribution in [2.24, 2.45) is 0 Å². The number of hydrogen-bond donors (Lipinski definition) is 2. The summed E-state index contributed by atoms with van der Waals surface area (Å²) in [6, 6.07) is 0. The van der Waals surface area contributed by atoms with Gasteiger partial charge in [0.05, 0.1) is 0 Å². The van der Waals surface area contributed by atoms with Crippen molar-refractivity contribution in [3.8, 4) is 0 Å². The molecule has 0 aromatic carbocycles. The normalized spacial score (nSPS) is 36.0. The molecule has 1 saturated heterocycles. The Balaban J connectivity index is 2.55. The van der Waals surface area contributed by atoms with Gasteiger partial charge in [-0.2, -0.15) is 0 Å². The number of rotatable bonds is 2. The maximum absolute atomic E-state index is 5.58. The third-order valence-corrected chi connectivity index (χ3v) is 1.85. The summed E-state index contributed by atoms with van der Waals surface area (Å²) in [5, 5.41) is 0. The quantitative estimate of drug-likeness (QED) is 0.492. The van der Waals surface area contributed by atoms with E-state index in [1.54, 1.807) is 0 Å². The van der Waals surface area contributed by atoms with Gasteiger partial charge in [0.1, 0.15) is 25.3 Å². The monoisotopic (exact) mass is 162 g/mol. The summed E-state index contributed by atoms with van der Waals surface area (Å²) in [4.78, 5) is 0. The van der Waals surface area contributed by atoms with Gasteiger partial charge >= 0.3 is 0 Å². The van der Waals surface area contributed by atoms with E-state index in [4.69, 9.17) is 9.47 Å². The van der Waals surface area contributed by atoms with Crippen LogP contribution in [0.1, 0.15) is 13.8 Å². The molecule has 4 nitrogen and oxygen atoms in total. The summed E-state index contributed by atoms with van der Waals surface area (Å²) < 4.78 is 11.2. The lowest BCUT2D eigenvalue weighted by atomic mass is 10.2. The van der Waals surface area contributed by atoms with Crippen LogP contribution in [0.25, 0.3) is 0 Å². The van der Waals surface area contributed by atoms with Crippen molar-refractivity contribution in [3.63, 3.8) is 0 Å². The average Bonchev–Trinajstić information content (AvgIpc) is 2.25. The minimum Gasteiger partial charge on any atom is -0.355 e. The Morgan fingerprint density at radius 2 is 1.45 bits per heavy atom. The molecule has 6 N–H and O–H groups in total. The number of hydrogen-bond acceptors (Lipinski definition) is 2. The van der Waals surface area contributed by atoms with Crippen LogP contribution in [0, 0.1) is 0 Å². The van der Waals surface area contributed by atoms with Gasteiger partial charge in [0.25, 0.3) is 0 Å². The fourth-order valence-electron chi connectivity index (χ4n) is 1.40. The standard InChI is InChI=1S/C7H16N2O2/c1-7(2)10-5(3-8)6(4-9)11-7/h5-6H,3-4,8-9H2,1-2H3/p+2/t5-,6+. The van der Waals surface area contributed by atoms with Gasteiger partial charge in [-0.25, -0.2) is 0 Å². The zero-order valence-corrected chi connectivity index (χ0v) is 7.30. The maximum atomic E-state index is 5.58. The van der Waals surface area contributed by atoms with Crippen molar-refractivity contribution in [2.75, 3.05) is 13.1 Å². The molecular weight excluding hydrogens is 144 g/mol. The number of ether oxygens (including phenoxy) is 2. The SMILES string of the molecule is CC1(C)O[C@@H](C[NH3+])[C@@H](C[NH3+])O1. The highest BCUT2D eigenvalue weighted by atomic mass is 16.8. The van der Waals surface area contributed by atoms with Crippen LogP contribution < -0.4 is 11.5 Å². The zero-order chi connectivity index (χ0) is 8.48. The first-order valence-electron chi connectivity index (χ1n) is 4.03. The van der Waals surface area contributed by atoms with E-state index >= 15 is 0 Å². The van der Waals surface area contributed by atoms with E-state index in [1.807, 2.05) is 13.8 Å². The van der Waals surface area contributed by atoms with Crippen LogP contribution >= 0.6 is 0 Å². The Morgan fingerprint density at radius 3 is 1.73 bits per heavy atom. The van der Waals surface area contributed by atoms with Crippen molar-refractivity contribution in [2.45, 2.75) is 31.8 Å². The smallest absolute Gasteiger partial charge is 0.164 e. The molecule has 0 bridgehead atoms. The van der Waals surface area contributed by atoms with E-state index < -0.39 is 5.79 Å². The molecule has 66 valence electrons. The van der Waals surface area contributed by atoms with Crippen molar-refractivity contribution in [1.29, 1.82) is 0 Å². The Labute approximate surface area is 66.8 Å². The minimum atomic E-state index is -0.440. The highest BCUT2D eigenvalue weighted by molar-refractivity contribution is 4.79. The predicted octanol–water partition coefficient (Wildman–Crippen LogP) is -2.01. The first-order valence-corrected chi connectivity index (χ1v) is 4.03. The summed E-state index contributed by atoms with van der Waals surface area (Å²) in [6.07, 6.45) is 0.255. The molecule has 0 aromatic heterocycles. The third kappa shape index (κ3) is 1.90. The molecule has 1 fully saturated rings. The van der Waals surface area contributed by atoms with Crippen LogP contribution in [0.5, 0.6) is 0 Å². The second kappa shape index (κ2) is 3.06. The Morgan fingerprint density at radius 1 is 1.09 bits per heavy atom. The van der Waals surface area contributed by atoms with Gasteiger partial charge in [0.15, 0.2) is 5.79 Å². The predicted molar refractivity (Wildman–Crippen MR) is 39.3 cm³/mol. The lowest BCUT2D eigenvalue weighted by Crippen LogP contribution is -2.63. The topological polar surface area (TPSA) is 73.7 Å². The Kier molecular flexibility index (Phi) is 2.49. The fourth-order valence-corrected chi connectivity index (χ4v) is 1.40. The van der Waals surface area contributed by atoms with E-state index in [-0.39, 0.29) is 12.2 Å². The molecule has 0 aromatic rings. The van der Waals surface area contributed by atoms with E-state index in [0.717, 1.165) is 13.1 Å². The van der Waals surface area contributed by atoms with Crippen LogP contribution in [0.2, 0.25) is 0 Å². The maximum Gasteiger partial charge on any atom is 0.164 e. The summed E-state index contributed by atoms with van der Waals surface area (Å²) in [7, 11) is 0. The Hall–Kier alpha value is -0.160. The summed E-state index contributed by atoms with van der Waals surface area (Å²) in [5.41, 5.74) is 7.60. The summed E-state index contributed by atoms with van der Waals surface area (Å²) in [5.74, 6) is -0.440. The Bertz CT molecular complexity index is 124. The van der Waals surface area contributed by atoms with Crippen LogP contribution in [-0.4, -0.2) is 31.1 Å². The molecule has 0 amide bonds. The molecular formula is C7H18N2O2+2. The molecule has 4 heteroatoms. The molecule has 0 radical (unpaired) electrons. The highest BCUT2D eigenvalue weighted by Gasteiger charge is 2.41. The molecule has 2 atom stereocenters. The van der Waals surface area contributed by atoms with E-state index in [2.05, 4.69) is 11.5 Å². The second-order valence-corrected chi connectivity index (χ2v) is 3.29. The lowest BCUT2D eigenvalue weighted by Gasteiger charge is -2.15. The molecule has 1 aliphatic rings. The van der Waals surface area contributed by atoms with Gasteiger partial charge in [-0.1, -0.05) is 0 Å². The highest BCUT2D eigenvalue weighted by Crippen LogP contribution is 2.26. The number of quaternary nitrogens is 2. The summed E-state index contributed by atoms with van der Waals surface area (Å²) >= 11 is 0. The molecule has 11 heavy (non-hydrogen) atoms. The van der Waals surface area contributed by atoms with Crippen molar-refractivity contribution >= 4 is 0 Å². The molecule has 0 aliphatic carbocycles. The molecule has 0 saturated carbocycles. The third-order valence-electron chi connectivity index (χ3n) is 1.85. The van der Waals surface area contributed by atoms with Crippen LogP contribution in [-0.2, 0) is 9.47 Å².